The minimum absolute atomic E-state index is 0.149. The summed E-state index contributed by atoms with van der Waals surface area (Å²) in [7, 11) is 0. The number of carbonyl (C=O) groups is 1. The van der Waals surface area contributed by atoms with Gasteiger partial charge in [0.05, 0.1) is 0 Å². The summed E-state index contributed by atoms with van der Waals surface area (Å²) in [4.78, 5) is 11.3. The van der Waals surface area contributed by atoms with E-state index in [1.165, 1.54) is 0 Å². The molecule has 0 radical (unpaired) electrons. The summed E-state index contributed by atoms with van der Waals surface area (Å²) in [6, 6.07) is 7.65. The Morgan fingerprint density at radius 2 is 2.09 bits per heavy atom. The number of thiol groups is 1. The maximum Gasteiger partial charge on any atom is 0.212 e. The smallest absolute Gasteiger partial charge is 0.212 e. The summed E-state index contributed by atoms with van der Waals surface area (Å²) < 4.78 is 0. The molecule has 0 amide bonds. The van der Waals surface area contributed by atoms with Crippen LogP contribution >= 0.6 is 11.1 Å². The molecule has 3 heteroatoms. The molecule has 1 aliphatic rings. The van der Waals surface area contributed by atoms with Crippen molar-refractivity contribution in [2.45, 2.75) is 5.75 Å². The first-order chi connectivity index (χ1) is 5.29. The zero-order valence-electron chi connectivity index (χ0n) is 5.95. The molecule has 1 unspecified atom stereocenters. The van der Waals surface area contributed by atoms with E-state index in [1.54, 1.807) is 0 Å². The molecule has 11 heavy (non-hydrogen) atoms. The van der Waals surface area contributed by atoms with E-state index >= 15 is 0 Å². The minimum Gasteiger partial charge on any atom is -0.290 e. The molecule has 58 valence electrons. The number of benzene rings is 1. The second-order valence-electron chi connectivity index (χ2n) is 2.59. The standard InChI is InChI=1S/C8H9NOS/c9-11-5-6-3-1-2-4-7(6)8(11)10/h1-4,11H,5,9H2. The van der Waals surface area contributed by atoms with Gasteiger partial charge in [-0.3, -0.25) is 9.93 Å². The Morgan fingerprint density at radius 3 is 2.82 bits per heavy atom. The second-order valence-corrected chi connectivity index (χ2v) is 4.25. The van der Waals surface area contributed by atoms with Gasteiger partial charge >= 0.3 is 0 Å². The molecule has 0 aliphatic carbocycles. The highest BCUT2D eigenvalue weighted by atomic mass is 32.2. The van der Waals surface area contributed by atoms with Gasteiger partial charge in [0.25, 0.3) is 0 Å². The number of nitrogens with two attached hydrogens (primary N) is 1. The van der Waals surface area contributed by atoms with E-state index in [2.05, 4.69) is 0 Å². The molecule has 0 spiro atoms. The lowest BCUT2D eigenvalue weighted by Crippen LogP contribution is -1.99. The molecule has 2 N–H and O–H groups in total. The van der Waals surface area contributed by atoms with Crippen LogP contribution in [0.3, 0.4) is 0 Å². The van der Waals surface area contributed by atoms with Gasteiger partial charge in [0.1, 0.15) is 0 Å². The molecule has 1 atom stereocenters. The van der Waals surface area contributed by atoms with E-state index in [-0.39, 0.29) is 5.12 Å². The quantitative estimate of drug-likeness (QED) is 0.570. The summed E-state index contributed by atoms with van der Waals surface area (Å²) in [6.07, 6.45) is 0. The fourth-order valence-corrected chi connectivity index (χ4v) is 2.59. The van der Waals surface area contributed by atoms with Crippen LogP contribution in [0.4, 0.5) is 0 Å². The Bertz CT molecular complexity index is 311. The summed E-state index contributed by atoms with van der Waals surface area (Å²) in [5, 5.41) is 5.79. The Kier molecular flexibility index (Phi) is 1.47. The molecule has 2 rings (SSSR count). The lowest BCUT2D eigenvalue weighted by atomic mass is 10.1. The Labute approximate surface area is 67.9 Å². The van der Waals surface area contributed by atoms with Gasteiger partial charge in [-0.05, 0) is 5.56 Å². The predicted octanol–water partition coefficient (Wildman–Crippen LogP) is 1.22. The van der Waals surface area contributed by atoms with Crippen LogP contribution in [0.15, 0.2) is 24.3 Å². The van der Waals surface area contributed by atoms with Crippen LogP contribution < -0.4 is 5.14 Å². The molecule has 1 aromatic rings. The van der Waals surface area contributed by atoms with E-state index in [0.29, 0.717) is 0 Å². The van der Waals surface area contributed by atoms with Gasteiger partial charge in [-0.25, -0.2) is 0 Å². The van der Waals surface area contributed by atoms with E-state index < -0.39 is 11.1 Å². The van der Waals surface area contributed by atoms with Gasteiger partial charge in [0, 0.05) is 11.3 Å². The normalized spacial score (nSPS) is 25.2. The molecule has 0 saturated heterocycles. The lowest BCUT2D eigenvalue weighted by Gasteiger charge is -2.00. The lowest BCUT2D eigenvalue weighted by molar-refractivity contribution is 0.108. The highest BCUT2D eigenvalue weighted by Gasteiger charge is 2.23. The third-order valence-corrected chi connectivity index (χ3v) is 3.29. The van der Waals surface area contributed by atoms with E-state index in [9.17, 15) is 4.79 Å². The van der Waals surface area contributed by atoms with Crippen LogP contribution in [0, 0.1) is 0 Å². The molecule has 0 bridgehead atoms. The van der Waals surface area contributed by atoms with Crippen molar-refractivity contribution in [1.82, 2.24) is 0 Å². The molecular formula is C8H9NOS. The van der Waals surface area contributed by atoms with Gasteiger partial charge in [-0.15, -0.1) is 11.1 Å². The minimum atomic E-state index is -0.892. The van der Waals surface area contributed by atoms with E-state index in [1.807, 2.05) is 24.3 Å². The third-order valence-electron chi connectivity index (χ3n) is 1.85. The monoisotopic (exact) mass is 167 g/mol. The van der Waals surface area contributed by atoms with Crippen molar-refractivity contribution in [1.29, 1.82) is 0 Å². The van der Waals surface area contributed by atoms with Crippen LogP contribution in [0.25, 0.3) is 0 Å². The van der Waals surface area contributed by atoms with Gasteiger partial charge in [-0.2, -0.15) is 0 Å². The average Bonchev–Trinajstić information content (AvgIpc) is 2.30. The first-order valence-electron chi connectivity index (χ1n) is 3.43. The van der Waals surface area contributed by atoms with Gasteiger partial charge in [0.2, 0.25) is 5.12 Å². The topological polar surface area (TPSA) is 43.1 Å². The second kappa shape index (κ2) is 2.36. The largest absolute Gasteiger partial charge is 0.290 e. The Hall–Kier alpha value is -0.800. The van der Waals surface area contributed by atoms with Crippen molar-refractivity contribution in [3.8, 4) is 0 Å². The predicted molar refractivity (Wildman–Crippen MR) is 47.6 cm³/mol. The fraction of sp³-hybridized carbons (Fsp3) is 0.125. The molecule has 0 fully saturated rings. The van der Waals surface area contributed by atoms with E-state index in [0.717, 1.165) is 16.9 Å². The van der Waals surface area contributed by atoms with Crippen molar-refractivity contribution in [3.63, 3.8) is 0 Å². The number of carbonyl (C=O) groups excluding carboxylic acids is 1. The fourth-order valence-electron chi connectivity index (χ4n) is 1.28. The van der Waals surface area contributed by atoms with Crippen molar-refractivity contribution >= 4 is 16.2 Å². The molecule has 0 saturated carbocycles. The van der Waals surface area contributed by atoms with Crippen LogP contribution in [0.2, 0.25) is 0 Å². The molecule has 0 aromatic heterocycles. The average molecular weight is 167 g/mol. The molecule has 1 heterocycles. The van der Waals surface area contributed by atoms with Gasteiger partial charge < -0.3 is 0 Å². The molecular weight excluding hydrogens is 158 g/mol. The number of rotatable bonds is 0. The molecule has 1 aliphatic heterocycles. The Morgan fingerprint density at radius 1 is 1.36 bits per heavy atom. The zero-order chi connectivity index (χ0) is 7.84. The van der Waals surface area contributed by atoms with Gasteiger partial charge in [-0.1, -0.05) is 24.3 Å². The first-order valence-corrected chi connectivity index (χ1v) is 5.03. The third kappa shape index (κ3) is 0.968. The van der Waals surface area contributed by atoms with Crippen LogP contribution in [0.5, 0.6) is 0 Å². The van der Waals surface area contributed by atoms with Crippen LogP contribution in [-0.2, 0) is 5.75 Å². The first kappa shape index (κ1) is 6.88. The maximum absolute atomic E-state index is 11.3. The highest BCUT2D eigenvalue weighted by molar-refractivity contribution is 8.28. The number of hydrogen-bond acceptors (Lipinski definition) is 2. The van der Waals surface area contributed by atoms with Crippen LogP contribution in [0.1, 0.15) is 15.9 Å². The summed E-state index contributed by atoms with van der Waals surface area (Å²) in [6.45, 7) is 0. The van der Waals surface area contributed by atoms with Crippen molar-refractivity contribution in [3.05, 3.63) is 35.4 Å². The number of hydrogen-bond donors (Lipinski definition) is 2. The zero-order valence-corrected chi connectivity index (χ0v) is 6.84. The summed E-state index contributed by atoms with van der Waals surface area (Å²) >= 11 is -0.892. The summed E-state index contributed by atoms with van der Waals surface area (Å²) in [5.74, 6) is 0.768. The van der Waals surface area contributed by atoms with Crippen LogP contribution in [-0.4, -0.2) is 5.12 Å². The SMILES string of the molecule is N[SH]1Cc2ccccc2C1=O. The van der Waals surface area contributed by atoms with Crippen molar-refractivity contribution < 1.29 is 4.79 Å². The van der Waals surface area contributed by atoms with Crippen molar-refractivity contribution in [2.24, 2.45) is 5.14 Å². The maximum atomic E-state index is 11.3. The highest BCUT2D eigenvalue weighted by Crippen LogP contribution is 2.36. The molecule has 2 nitrogen and oxygen atoms in total. The van der Waals surface area contributed by atoms with E-state index in [4.69, 9.17) is 5.14 Å². The van der Waals surface area contributed by atoms with Crippen molar-refractivity contribution in [2.75, 3.05) is 0 Å². The van der Waals surface area contributed by atoms with Gasteiger partial charge in [0.15, 0.2) is 0 Å². The summed E-state index contributed by atoms with van der Waals surface area (Å²) in [5.41, 5.74) is 1.95. The molecule has 1 aromatic carbocycles. The Balaban J connectivity index is 2.55. The number of fused-ring (bicyclic) bond motifs is 1.